The fourth-order valence-corrected chi connectivity index (χ4v) is 1.82. The summed E-state index contributed by atoms with van der Waals surface area (Å²) in [6.07, 6.45) is 2.35. The highest BCUT2D eigenvalue weighted by molar-refractivity contribution is 5.32. The Kier molecular flexibility index (Phi) is 3.21. The van der Waals surface area contributed by atoms with Gasteiger partial charge in [-0.3, -0.25) is 0 Å². The van der Waals surface area contributed by atoms with Crippen LogP contribution in [0.15, 0.2) is 18.2 Å². The van der Waals surface area contributed by atoms with E-state index in [1.807, 2.05) is 6.92 Å². The number of aryl methyl sites for hydroxylation is 1. The standard InChI is InChI=1S/C12H16FNO/c1-9-4-5-10(13)7-12(9)15-8-11-3-2-6-14-11/h4-5,7,11,14H,2-3,6,8H2,1H3/t11-/m0/s1. The number of hydrogen-bond donors (Lipinski definition) is 1. The predicted octanol–water partition coefficient (Wildman–Crippen LogP) is 2.26. The summed E-state index contributed by atoms with van der Waals surface area (Å²) < 4.78 is 18.6. The average Bonchev–Trinajstić information content (AvgIpc) is 2.72. The molecule has 0 amide bonds. The highest BCUT2D eigenvalue weighted by atomic mass is 19.1. The molecular formula is C12H16FNO. The normalized spacial score (nSPS) is 20.5. The largest absolute Gasteiger partial charge is 0.492 e. The maximum atomic E-state index is 13.0. The number of benzene rings is 1. The Balaban J connectivity index is 1.94. The van der Waals surface area contributed by atoms with E-state index in [-0.39, 0.29) is 5.82 Å². The summed E-state index contributed by atoms with van der Waals surface area (Å²) in [6.45, 7) is 3.62. The SMILES string of the molecule is Cc1ccc(F)cc1OC[C@@H]1CCCN1. The second kappa shape index (κ2) is 4.62. The Morgan fingerprint density at radius 2 is 2.40 bits per heavy atom. The van der Waals surface area contributed by atoms with Crippen LogP contribution < -0.4 is 10.1 Å². The molecule has 0 radical (unpaired) electrons. The van der Waals surface area contributed by atoms with Crippen LogP contribution in [-0.4, -0.2) is 19.2 Å². The van der Waals surface area contributed by atoms with Crippen molar-refractivity contribution in [2.75, 3.05) is 13.2 Å². The predicted molar refractivity (Wildman–Crippen MR) is 57.7 cm³/mol. The van der Waals surface area contributed by atoms with Gasteiger partial charge in [-0.2, -0.15) is 0 Å². The molecule has 0 aromatic heterocycles. The van der Waals surface area contributed by atoms with Crippen molar-refractivity contribution in [3.05, 3.63) is 29.6 Å². The van der Waals surface area contributed by atoms with E-state index in [1.165, 1.54) is 18.6 Å². The minimum atomic E-state index is -0.241. The highest BCUT2D eigenvalue weighted by Gasteiger charge is 2.14. The summed E-state index contributed by atoms with van der Waals surface area (Å²) in [6, 6.07) is 5.07. The number of rotatable bonds is 3. The van der Waals surface area contributed by atoms with Crippen LogP contribution in [0.5, 0.6) is 5.75 Å². The number of hydrogen-bond acceptors (Lipinski definition) is 2. The summed E-state index contributed by atoms with van der Waals surface area (Å²) in [4.78, 5) is 0. The fraction of sp³-hybridized carbons (Fsp3) is 0.500. The van der Waals surface area contributed by atoms with Gasteiger partial charge in [0, 0.05) is 12.1 Å². The van der Waals surface area contributed by atoms with E-state index < -0.39 is 0 Å². The van der Waals surface area contributed by atoms with Crippen LogP contribution in [-0.2, 0) is 0 Å². The van der Waals surface area contributed by atoms with Gasteiger partial charge in [-0.05, 0) is 37.9 Å². The Hall–Kier alpha value is -1.09. The lowest BCUT2D eigenvalue weighted by atomic mass is 10.2. The first-order valence-corrected chi connectivity index (χ1v) is 5.38. The van der Waals surface area contributed by atoms with Crippen molar-refractivity contribution in [1.29, 1.82) is 0 Å². The topological polar surface area (TPSA) is 21.3 Å². The van der Waals surface area contributed by atoms with E-state index >= 15 is 0 Å². The molecule has 0 aliphatic carbocycles. The fourth-order valence-electron chi connectivity index (χ4n) is 1.82. The van der Waals surface area contributed by atoms with Gasteiger partial charge in [0.15, 0.2) is 0 Å². The van der Waals surface area contributed by atoms with Gasteiger partial charge in [0.2, 0.25) is 0 Å². The molecule has 1 N–H and O–H groups in total. The molecular weight excluding hydrogens is 193 g/mol. The van der Waals surface area contributed by atoms with Crippen LogP contribution in [0, 0.1) is 12.7 Å². The molecule has 3 heteroatoms. The maximum absolute atomic E-state index is 13.0. The maximum Gasteiger partial charge on any atom is 0.126 e. The minimum absolute atomic E-state index is 0.241. The molecule has 1 aliphatic heterocycles. The molecule has 1 aromatic rings. The van der Waals surface area contributed by atoms with Crippen molar-refractivity contribution in [1.82, 2.24) is 5.32 Å². The molecule has 15 heavy (non-hydrogen) atoms. The second-order valence-corrected chi connectivity index (χ2v) is 4.01. The zero-order valence-electron chi connectivity index (χ0n) is 8.92. The first kappa shape index (κ1) is 10.4. The smallest absolute Gasteiger partial charge is 0.126 e. The van der Waals surface area contributed by atoms with Gasteiger partial charge in [0.05, 0.1) is 0 Å². The lowest BCUT2D eigenvalue weighted by Crippen LogP contribution is -2.28. The molecule has 1 aliphatic rings. The van der Waals surface area contributed by atoms with Gasteiger partial charge in [-0.1, -0.05) is 6.07 Å². The van der Waals surface area contributed by atoms with E-state index in [4.69, 9.17) is 4.74 Å². The lowest BCUT2D eigenvalue weighted by Gasteiger charge is -2.13. The van der Waals surface area contributed by atoms with Gasteiger partial charge in [-0.15, -0.1) is 0 Å². The monoisotopic (exact) mass is 209 g/mol. The van der Waals surface area contributed by atoms with Gasteiger partial charge >= 0.3 is 0 Å². The zero-order valence-corrected chi connectivity index (χ0v) is 8.92. The summed E-state index contributed by atoms with van der Waals surface area (Å²) in [5.74, 6) is 0.415. The van der Waals surface area contributed by atoms with E-state index in [2.05, 4.69) is 5.32 Å². The molecule has 2 rings (SSSR count). The zero-order chi connectivity index (χ0) is 10.7. The Bertz CT molecular complexity index is 334. The molecule has 2 nitrogen and oxygen atoms in total. The summed E-state index contributed by atoms with van der Waals surface area (Å²) >= 11 is 0. The van der Waals surface area contributed by atoms with Crippen molar-refractivity contribution >= 4 is 0 Å². The first-order chi connectivity index (χ1) is 7.25. The molecule has 0 unspecified atom stereocenters. The van der Waals surface area contributed by atoms with Crippen molar-refractivity contribution in [2.45, 2.75) is 25.8 Å². The van der Waals surface area contributed by atoms with Crippen LogP contribution in [0.2, 0.25) is 0 Å². The van der Waals surface area contributed by atoms with E-state index in [1.54, 1.807) is 6.07 Å². The van der Waals surface area contributed by atoms with Crippen LogP contribution in [0.4, 0.5) is 4.39 Å². The van der Waals surface area contributed by atoms with E-state index in [9.17, 15) is 4.39 Å². The van der Waals surface area contributed by atoms with Crippen molar-refractivity contribution in [3.63, 3.8) is 0 Å². The quantitative estimate of drug-likeness (QED) is 0.824. The third-order valence-corrected chi connectivity index (χ3v) is 2.75. The highest BCUT2D eigenvalue weighted by Crippen LogP contribution is 2.19. The Morgan fingerprint density at radius 1 is 1.53 bits per heavy atom. The van der Waals surface area contributed by atoms with Crippen LogP contribution in [0.25, 0.3) is 0 Å². The van der Waals surface area contributed by atoms with Crippen molar-refractivity contribution < 1.29 is 9.13 Å². The minimum Gasteiger partial charge on any atom is -0.492 e. The lowest BCUT2D eigenvalue weighted by molar-refractivity contribution is 0.274. The molecule has 0 bridgehead atoms. The number of nitrogens with one attached hydrogen (secondary N) is 1. The Labute approximate surface area is 89.4 Å². The van der Waals surface area contributed by atoms with Crippen LogP contribution in [0.1, 0.15) is 18.4 Å². The summed E-state index contributed by atoms with van der Waals surface area (Å²) in [5.41, 5.74) is 0.981. The number of ether oxygens (including phenoxy) is 1. The van der Waals surface area contributed by atoms with E-state index in [0.717, 1.165) is 18.5 Å². The average molecular weight is 209 g/mol. The van der Waals surface area contributed by atoms with Crippen molar-refractivity contribution in [3.8, 4) is 5.75 Å². The molecule has 1 aromatic carbocycles. The molecule has 82 valence electrons. The Morgan fingerprint density at radius 3 is 3.13 bits per heavy atom. The summed E-state index contributed by atoms with van der Waals surface area (Å²) in [7, 11) is 0. The van der Waals surface area contributed by atoms with E-state index in [0.29, 0.717) is 18.4 Å². The second-order valence-electron chi connectivity index (χ2n) is 4.01. The first-order valence-electron chi connectivity index (χ1n) is 5.38. The van der Waals surface area contributed by atoms with Gasteiger partial charge < -0.3 is 10.1 Å². The third-order valence-electron chi connectivity index (χ3n) is 2.75. The van der Waals surface area contributed by atoms with Gasteiger partial charge in [0.25, 0.3) is 0 Å². The van der Waals surface area contributed by atoms with Gasteiger partial charge in [0.1, 0.15) is 18.2 Å². The van der Waals surface area contributed by atoms with Crippen LogP contribution in [0.3, 0.4) is 0 Å². The molecule has 1 fully saturated rings. The molecule has 1 atom stereocenters. The van der Waals surface area contributed by atoms with Crippen molar-refractivity contribution in [2.24, 2.45) is 0 Å². The third kappa shape index (κ3) is 2.69. The van der Waals surface area contributed by atoms with Crippen LogP contribution >= 0.6 is 0 Å². The van der Waals surface area contributed by atoms with Gasteiger partial charge in [-0.25, -0.2) is 4.39 Å². The molecule has 1 saturated heterocycles. The number of halogens is 1. The molecule has 0 spiro atoms. The molecule has 0 saturated carbocycles. The summed E-state index contributed by atoms with van der Waals surface area (Å²) in [5, 5.41) is 3.34. The molecule has 1 heterocycles.